The lowest BCUT2D eigenvalue weighted by atomic mass is 10.1. The van der Waals surface area contributed by atoms with Gasteiger partial charge in [-0.2, -0.15) is 0 Å². The molecule has 0 N–H and O–H groups in total. The van der Waals surface area contributed by atoms with Crippen molar-refractivity contribution in [1.29, 1.82) is 0 Å². The van der Waals surface area contributed by atoms with Gasteiger partial charge in [0.2, 0.25) is 0 Å². The van der Waals surface area contributed by atoms with Crippen LogP contribution >= 0.6 is 11.8 Å². The Morgan fingerprint density at radius 1 is 1.07 bits per heavy atom. The molecule has 7 heteroatoms. The highest BCUT2D eigenvalue weighted by Gasteiger charge is 2.49. The average Bonchev–Trinajstić information content (AvgIpc) is 2.96. The topological polar surface area (TPSA) is 71.1 Å². The first kappa shape index (κ1) is 22.2. The lowest BCUT2D eigenvalue weighted by molar-refractivity contribution is -0.149. The number of aryl methyl sites for hydroxylation is 1. The van der Waals surface area contributed by atoms with E-state index in [1.807, 2.05) is 19.1 Å². The number of esters is 2. The van der Waals surface area contributed by atoms with Crippen molar-refractivity contribution in [2.75, 3.05) is 19.8 Å². The summed E-state index contributed by atoms with van der Waals surface area (Å²) in [5, 5.41) is -0.180. The smallest absolute Gasteiger partial charge is 0.338 e. The van der Waals surface area contributed by atoms with Crippen LogP contribution in [0, 0.1) is 6.92 Å². The zero-order chi connectivity index (χ0) is 20.5. The van der Waals surface area contributed by atoms with Gasteiger partial charge in [-0.15, -0.1) is 24.9 Å². The summed E-state index contributed by atoms with van der Waals surface area (Å²) in [5.74, 6) is -0.952. The van der Waals surface area contributed by atoms with Gasteiger partial charge in [0.15, 0.2) is 11.5 Å². The molecule has 152 valence electrons. The molecule has 1 heterocycles. The van der Waals surface area contributed by atoms with Gasteiger partial charge < -0.3 is 18.9 Å². The summed E-state index contributed by atoms with van der Waals surface area (Å²) < 4.78 is 22.5. The largest absolute Gasteiger partial charge is 0.451 e. The molecule has 0 spiro atoms. The van der Waals surface area contributed by atoms with Gasteiger partial charge in [0.1, 0.15) is 6.10 Å². The Balaban J connectivity index is 2.19. The van der Waals surface area contributed by atoms with E-state index in [0.717, 1.165) is 5.56 Å². The molecule has 1 aliphatic rings. The molecule has 0 bridgehead atoms. The van der Waals surface area contributed by atoms with E-state index in [1.165, 1.54) is 18.7 Å². The molecule has 1 fully saturated rings. The monoisotopic (exact) mass is 406 g/mol. The minimum atomic E-state index is -0.764. The number of hydrogen-bond donors (Lipinski definition) is 0. The van der Waals surface area contributed by atoms with Gasteiger partial charge in [0, 0.05) is 6.92 Å². The maximum Gasteiger partial charge on any atom is 0.338 e. The predicted octanol–water partition coefficient (Wildman–Crippen LogP) is 3.30. The van der Waals surface area contributed by atoms with Crippen molar-refractivity contribution in [3.8, 4) is 0 Å². The van der Waals surface area contributed by atoms with Crippen LogP contribution < -0.4 is 0 Å². The molecular formula is C21H26O6S. The first-order valence-electron chi connectivity index (χ1n) is 8.97. The third-order valence-corrected chi connectivity index (χ3v) is 5.39. The Morgan fingerprint density at radius 3 is 2.36 bits per heavy atom. The molecule has 0 aromatic heterocycles. The molecule has 1 aliphatic heterocycles. The van der Waals surface area contributed by atoms with Crippen LogP contribution in [0.15, 0.2) is 49.6 Å². The second-order valence-corrected chi connectivity index (χ2v) is 7.64. The second kappa shape index (κ2) is 11.0. The Bertz CT molecular complexity index is 687. The number of thioether (sulfide) groups is 1. The fourth-order valence-corrected chi connectivity index (χ4v) is 4.20. The quantitative estimate of drug-likeness (QED) is 0.335. The fraction of sp³-hybridized carbons (Fsp3) is 0.429. The highest BCUT2D eigenvalue weighted by molar-refractivity contribution is 8.00. The van der Waals surface area contributed by atoms with Crippen LogP contribution in [0.5, 0.6) is 0 Å². The first-order valence-corrected chi connectivity index (χ1v) is 9.92. The van der Waals surface area contributed by atoms with Crippen LogP contribution in [-0.4, -0.2) is 54.7 Å². The van der Waals surface area contributed by atoms with Gasteiger partial charge in [-0.05, 0) is 19.1 Å². The van der Waals surface area contributed by atoms with Crippen LogP contribution in [-0.2, 0) is 23.7 Å². The molecule has 1 saturated heterocycles. The Kier molecular flexibility index (Phi) is 8.76. The summed E-state index contributed by atoms with van der Waals surface area (Å²) in [4.78, 5) is 24.2. The summed E-state index contributed by atoms with van der Waals surface area (Å²) >= 11 is 1.36. The van der Waals surface area contributed by atoms with E-state index in [4.69, 9.17) is 18.9 Å². The molecule has 1 aromatic carbocycles. The Labute approximate surface area is 169 Å². The number of benzene rings is 1. The van der Waals surface area contributed by atoms with Crippen LogP contribution in [0.4, 0.5) is 0 Å². The molecular weight excluding hydrogens is 380 g/mol. The normalized spacial score (nSPS) is 23.8. The number of rotatable bonds is 10. The first-order chi connectivity index (χ1) is 13.5. The van der Waals surface area contributed by atoms with Crippen LogP contribution in [0.2, 0.25) is 0 Å². The van der Waals surface area contributed by atoms with Gasteiger partial charge >= 0.3 is 11.9 Å². The molecule has 6 nitrogen and oxygen atoms in total. The maximum absolute atomic E-state index is 12.6. The molecule has 28 heavy (non-hydrogen) atoms. The third kappa shape index (κ3) is 6.22. The molecule has 0 amide bonds. The summed E-state index contributed by atoms with van der Waals surface area (Å²) in [5.41, 5.74) is 0.780. The summed E-state index contributed by atoms with van der Waals surface area (Å²) in [7, 11) is 0. The maximum atomic E-state index is 12.6. The predicted molar refractivity (Wildman–Crippen MR) is 108 cm³/mol. The summed E-state index contributed by atoms with van der Waals surface area (Å²) in [6, 6.07) is 7.07. The molecule has 4 atom stereocenters. The van der Waals surface area contributed by atoms with Crippen LogP contribution in [0.1, 0.15) is 22.8 Å². The van der Waals surface area contributed by atoms with E-state index in [0.29, 0.717) is 18.8 Å². The number of carbonyl (C=O) groups excluding carboxylic acids is 2. The number of carbonyl (C=O) groups is 2. The average molecular weight is 407 g/mol. The van der Waals surface area contributed by atoms with E-state index < -0.39 is 29.6 Å². The fourth-order valence-electron chi connectivity index (χ4n) is 2.74. The van der Waals surface area contributed by atoms with E-state index >= 15 is 0 Å². The molecule has 0 saturated carbocycles. The summed E-state index contributed by atoms with van der Waals surface area (Å²) in [6.45, 7) is 11.5. The Morgan fingerprint density at radius 2 is 1.75 bits per heavy atom. The number of ether oxygens (including phenoxy) is 4. The SMILES string of the molecule is C=CCOC[C@H]1SC(OC(C)=O)[C@@H](OC(=O)c2ccc(C)cc2)[C@@H]1OCC=C. The Hall–Kier alpha value is -2.09. The molecule has 1 aromatic rings. The third-order valence-electron chi connectivity index (χ3n) is 4.00. The van der Waals surface area contributed by atoms with E-state index in [-0.39, 0.29) is 11.9 Å². The van der Waals surface area contributed by atoms with E-state index in [9.17, 15) is 9.59 Å². The zero-order valence-corrected chi connectivity index (χ0v) is 17.0. The van der Waals surface area contributed by atoms with Crippen molar-refractivity contribution < 1.29 is 28.5 Å². The standard InChI is InChI=1S/C21H26O6S/c1-5-11-24-13-17-18(25-12-6-2)19(21(28-17)26-15(4)22)27-20(23)16-9-7-14(3)8-10-16/h5-10,17-19,21H,1-2,11-13H2,3-4H3/t17-,18-,19+,21?/m1/s1. The van der Waals surface area contributed by atoms with Crippen molar-refractivity contribution in [2.24, 2.45) is 0 Å². The highest BCUT2D eigenvalue weighted by atomic mass is 32.2. The molecule has 0 aliphatic carbocycles. The minimum absolute atomic E-state index is 0.180. The van der Waals surface area contributed by atoms with Crippen LogP contribution in [0.3, 0.4) is 0 Å². The summed E-state index contributed by atoms with van der Waals surface area (Å²) in [6.07, 6.45) is 1.99. The van der Waals surface area contributed by atoms with Gasteiger partial charge in [0.25, 0.3) is 0 Å². The van der Waals surface area contributed by atoms with Gasteiger partial charge in [-0.1, -0.05) is 29.8 Å². The van der Waals surface area contributed by atoms with Crippen molar-refractivity contribution >= 4 is 23.7 Å². The lowest BCUT2D eigenvalue weighted by Crippen LogP contribution is -2.41. The van der Waals surface area contributed by atoms with Gasteiger partial charge in [0.05, 0.1) is 30.6 Å². The zero-order valence-electron chi connectivity index (χ0n) is 16.2. The van der Waals surface area contributed by atoms with Crippen molar-refractivity contribution in [3.63, 3.8) is 0 Å². The number of hydrogen-bond acceptors (Lipinski definition) is 7. The molecule has 2 rings (SSSR count). The van der Waals surface area contributed by atoms with Crippen molar-refractivity contribution in [2.45, 2.75) is 36.7 Å². The second-order valence-electron chi connectivity index (χ2n) is 6.30. The van der Waals surface area contributed by atoms with Crippen molar-refractivity contribution in [1.82, 2.24) is 0 Å². The van der Waals surface area contributed by atoms with Gasteiger partial charge in [-0.3, -0.25) is 4.79 Å². The lowest BCUT2D eigenvalue weighted by Gasteiger charge is -2.25. The minimum Gasteiger partial charge on any atom is -0.451 e. The van der Waals surface area contributed by atoms with E-state index in [1.54, 1.807) is 24.3 Å². The van der Waals surface area contributed by atoms with Gasteiger partial charge in [-0.25, -0.2) is 4.79 Å². The van der Waals surface area contributed by atoms with Crippen LogP contribution in [0.25, 0.3) is 0 Å². The highest BCUT2D eigenvalue weighted by Crippen LogP contribution is 2.39. The molecule has 1 unspecified atom stereocenters. The molecule has 0 radical (unpaired) electrons. The van der Waals surface area contributed by atoms with Crippen molar-refractivity contribution in [3.05, 3.63) is 60.7 Å². The van der Waals surface area contributed by atoms with E-state index in [2.05, 4.69) is 13.2 Å².